The van der Waals surface area contributed by atoms with Crippen LogP contribution in [0.2, 0.25) is 0 Å². The van der Waals surface area contributed by atoms with Gasteiger partial charge < -0.3 is 19.9 Å². The van der Waals surface area contributed by atoms with Gasteiger partial charge in [-0.25, -0.2) is 0 Å². The zero-order valence-corrected chi connectivity index (χ0v) is 13.8. The molecule has 1 aliphatic rings. The number of aliphatic hydroxyl groups excluding tert-OH is 1. The Hall–Kier alpha value is -1.75. The SMILES string of the molecule is COc1cccc(OCC(=O)N[C@H](CCO)C2CCCCC2)c1. The van der Waals surface area contributed by atoms with Gasteiger partial charge in [-0.1, -0.05) is 25.3 Å². The molecule has 0 aromatic heterocycles. The summed E-state index contributed by atoms with van der Waals surface area (Å²) in [6.07, 6.45) is 6.56. The predicted octanol–water partition coefficient (Wildman–Crippen LogP) is 2.52. The molecule has 2 N–H and O–H groups in total. The van der Waals surface area contributed by atoms with Crippen molar-refractivity contribution in [3.05, 3.63) is 24.3 Å². The minimum absolute atomic E-state index is 0.0260. The molecule has 1 atom stereocenters. The van der Waals surface area contributed by atoms with Gasteiger partial charge in [0.25, 0.3) is 5.91 Å². The normalized spacial score (nSPS) is 16.6. The maximum Gasteiger partial charge on any atom is 0.258 e. The van der Waals surface area contributed by atoms with E-state index in [1.54, 1.807) is 19.2 Å². The number of nitrogens with one attached hydrogen (secondary N) is 1. The monoisotopic (exact) mass is 321 g/mol. The van der Waals surface area contributed by atoms with Gasteiger partial charge in [0, 0.05) is 18.7 Å². The number of hydrogen-bond acceptors (Lipinski definition) is 4. The summed E-state index contributed by atoms with van der Waals surface area (Å²) in [5, 5.41) is 12.3. The Labute approximate surface area is 138 Å². The van der Waals surface area contributed by atoms with Gasteiger partial charge in [-0.3, -0.25) is 4.79 Å². The molecule has 0 spiro atoms. The van der Waals surface area contributed by atoms with Crippen LogP contribution in [0.5, 0.6) is 11.5 Å². The number of benzene rings is 1. The number of ether oxygens (including phenoxy) is 2. The lowest BCUT2D eigenvalue weighted by atomic mass is 9.83. The molecule has 0 unspecified atom stereocenters. The number of rotatable bonds is 8. The van der Waals surface area contributed by atoms with Crippen molar-refractivity contribution in [2.24, 2.45) is 5.92 Å². The first-order valence-corrected chi connectivity index (χ1v) is 8.40. The van der Waals surface area contributed by atoms with Crippen LogP contribution in [0.1, 0.15) is 38.5 Å². The van der Waals surface area contributed by atoms with E-state index in [0.29, 0.717) is 23.8 Å². The molecule has 0 saturated heterocycles. The molecule has 5 nitrogen and oxygen atoms in total. The van der Waals surface area contributed by atoms with Gasteiger partial charge in [-0.2, -0.15) is 0 Å². The highest BCUT2D eigenvalue weighted by molar-refractivity contribution is 5.77. The lowest BCUT2D eigenvalue weighted by Crippen LogP contribution is -2.43. The van der Waals surface area contributed by atoms with Gasteiger partial charge in [-0.15, -0.1) is 0 Å². The topological polar surface area (TPSA) is 67.8 Å². The molecular weight excluding hydrogens is 294 g/mol. The van der Waals surface area contributed by atoms with E-state index in [9.17, 15) is 9.90 Å². The van der Waals surface area contributed by atoms with Gasteiger partial charge in [-0.05, 0) is 37.3 Å². The van der Waals surface area contributed by atoms with Crippen LogP contribution < -0.4 is 14.8 Å². The predicted molar refractivity (Wildman–Crippen MR) is 88.7 cm³/mol. The second kappa shape index (κ2) is 9.40. The molecule has 1 amide bonds. The fourth-order valence-electron chi connectivity index (χ4n) is 3.19. The van der Waals surface area contributed by atoms with E-state index in [-0.39, 0.29) is 25.2 Å². The van der Waals surface area contributed by atoms with Gasteiger partial charge in [0.15, 0.2) is 6.61 Å². The molecule has 1 aliphatic carbocycles. The highest BCUT2D eigenvalue weighted by Crippen LogP contribution is 2.27. The Kier molecular flexibility index (Phi) is 7.20. The lowest BCUT2D eigenvalue weighted by Gasteiger charge is -2.30. The average molecular weight is 321 g/mol. The van der Waals surface area contributed by atoms with Crippen molar-refractivity contribution >= 4 is 5.91 Å². The molecule has 1 fully saturated rings. The maximum absolute atomic E-state index is 12.1. The van der Waals surface area contributed by atoms with E-state index < -0.39 is 0 Å². The zero-order chi connectivity index (χ0) is 16.5. The molecule has 0 radical (unpaired) electrons. The minimum Gasteiger partial charge on any atom is -0.497 e. The van der Waals surface area contributed by atoms with Gasteiger partial charge >= 0.3 is 0 Å². The summed E-state index contributed by atoms with van der Waals surface area (Å²) < 4.78 is 10.7. The summed E-state index contributed by atoms with van der Waals surface area (Å²) in [7, 11) is 1.59. The first-order chi connectivity index (χ1) is 11.2. The molecule has 1 aromatic rings. The van der Waals surface area contributed by atoms with Crippen LogP contribution >= 0.6 is 0 Å². The standard InChI is InChI=1S/C18H27NO4/c1-22-15-8-5-9-16(12-15)23-13-18(21)19-17(10-11-20)14-6-3-2-4-7-14/h5,8-9,12,14,17,20H,2-4,6-7,10-11,13H2,1H3,(H,19,21)/t17-/m1/s1. The third kappa shape index (κ3) is 5.75. The fraction of sp³-hybridized carbons (Fsp3) is 0.611. The summed E-state index contributed by atoms with van der Waals surface area (Å²) in [5.41, 5.74) is 0. The second-order valence-electron chi connectivity index (χ2n) is 6.05. The van der Waals surface area contributed by atoms with Crippen molar-refractivity contribution in [1.82, 2.24) is 5.32 Å². The Morgan fingerprint density at radius 1 is 1.30 bits per heavy atom. The maximum atomic E-state index is 12.1. The Morgan fingerprint density at radius 3 is 2.74 bits per heavy atom. The van der Waals surface area contributed by atoms with Crippen molar-refractivity contribution in [3.8, 4) is 11.5 Å². The molecule has 1 aromatic carbocycles. The lowest BCUT2D eigenvalue weighted by molar-refractivity contribution is -0.124. The second-order valence-corrected chi connectivity index (χ2v) is 6.05. The van der Waals surface area contributed by atoms with Gasteiger partial charge in [0.05, 0.1) is 7.11 Å². The van der Waals surface area contributed by atoms with Crippen LogP contribution in [-0.4, -0.2) is 37.4 Å². The summed E-state index contributed by atoms with van der Waals surface area (Å²) in [5.74, 6) is 1.63. The van der Waals surface area contributed by atoms with Crippen LogP contribution in [0.15, 0.2) is 24.3 Å². The molecule has 1 saturated carbocycles. The number of methoxy groups -OCH3 is 1. The Morgan fingerprint density at radius 2 is 2.04 bits per heavy atom. The number of amides is 1. The zero-order valence-electron chi connectivity index (χ0n) is 13.8. The average Bonchev–Trinajstić information content (AvgIpc) is 2.60. The molecule has 0 heterocycles. The largest absolute Gasteiger partial charge is 0.497 e. The van der Waals surface area contributed by atoms with E-state index in [1.807, 2.05) is 12.1 Å². The highest BCUT2D eigenvalue weighted by atomic mass is 16.5. The summed E-state index contributed by atoms with van der Waals surface area (Å²) in [6, 6.07) is 7.24. The Bertz CT molecular complexity index is 486. The van der Waals surface area contributed by atoms with Crippen molar-refractivity contribution in [2.45, 2.75) is 44.6 Å². The number of aliphatic hydroxyl groups is 1. The molecule has 23 heavy (non-hydrogen) atoms. The highest BCUT2D eigenvalue weighted by Gasteiger charge is 2.24. The first-order valence-electron chi connectivity index (χ1n) is 8.40. The van der Waals surface area contributed by atoms with Crippen molar-refractivity contribution in [1.29, 1.82) is 0 Å². The molecule has 0 aliphatic heterocycles. The third-order valence-electron chi connectivity index (χ3n) is 4.42. The number of carbonyl (C=O) groups is 1. The molecule has 0 bridgehead atoms. The number of hydrogen-bond donors (Lipinski definition) is 2. The van der Waals surface area contributed by atoms with E-state index in [0.717, 1.165) is 12.8 Å². The molecule has 2 rings (SSSR count). The quantitative estimate of drug-likeness (QED) is 0.772. The van der Waals surface area contributed by atoms with E-state index in [4.69, 9.17) is 9.47 Å². The first kappa shape index (κ1) is 17.6. The van der Waals surface area contributed by atoms with Gasteiger partial charge in [0.1, 0.15) is 11.5 Å². The van der Waals surface area contributed by atoms with Crippen LogP contribution in [0.3, 0.4) is 0 Å². The van der Waals surface area contributed by atoms with Crippen LogP contribution in [0.25, 0.3) is 0 Å². The number of carbonyl (C=O) groups excluding carboxylic acids is 1. The van der Waals surface area contributed by atoms with Crippen LogP contribution in [0.4, 0.5) is 0 Å². The molecular formula is C18H27NO4. The van der Waals surface area contributed by atoms with Gasteiger partial charge in [0.2, 0.25) is 0 Å². The molecule has 128 valence electrons. The molecule has 5 heteroatoms. The van der Waals surface area contributed by atoms with Crippen molar-refractivity contribution < 1.29 is 19.4 Å². The van der Waals surface area contributed by atoms with Crippen LogP contribution in [0, 0.1) is 5.92 Å². The third-order valence-corrected chi connectivity index (χ3v) is 4.42. The van der Waals surface area contributed by atoms with E-state index in [2.05, 4.69) is 5.32 Å². The smallest absolute Gasteiger partial charge is 0.258 e. The Balaban J connectivity index is 1.83. The minimum atomic E-state index is -0.142. The van der Waals surface area contributed by atoms with E-state index in [1.165, 1.54) is 19.3 Å². The van der Waals surface area contributed by atoms with E-state index >= 15 is 0 Å². The van der Waals surface area contributed by atoms with Crippen molar-refractivity contribution in [3.63, 3.8) is 0 Å². The summed E-state index contributed by atoms with van der Waals surface area (Å²) in [6.45, 7) is 0.0694. The van der Waals surface area contributed by atoms with Crippen LogP contribution in [-0.2, 0) is 4.79 Å². The summed E-state index contributed by atoms with van der Waals surface area (Å²) in [4.78, 5) is 12.1. The fourth-order valence-corrected chi connectivity index (χ4v) is 3.19. The summed E-state index contributed by atoms with van der Waals surface area (Å²) >= 11 is 0. The van der Waals surface area contributed by atoms with Crippen molar-refractivity contribution in [2.75, 3.05) is 20.3 Å².